The third kappa shape index (κ3) is 5.55. The average molecular weight is 423 g/mol. The van der Waals surface area contributed by atoms with Gasteiger partial charge >= 0.3 is 0 Å². The number of ether oxygens (including phenoxy) is 1. The Labute approximate surface area is 149 Å². The lowest BCUT2D eigenvalue weighted by Crippen LogP contribution is -2.26. The number of aryl methyl sites for hydroxylation is 1. The topological polar surface area (TPSA) is 62.7 Å². The SMILES string of the molecule is COc1ccc(/C=N\NC(=O)CNc2ccc(I)cc2C)cc1. The molecule has 23 heavy (non-hydrogen) atoms. The van der Waals surface area contributed by atoms with Crippen LogP contribution >= 0.6 is 22.6 Å². The van der Waals surface area contributed by atoms with E-state index in [0.717, 1.165) is 22.6 Å². The smallest absolute Gasteiger partial charge is 0.259 e. The summed E-state index contributed by atoms with van der Waals surface area (Å²) in [6.07, 6.45) is 1.59. The van der Waals surface area contributed by atoms with Crippen molar-refractivity contribution in [2.24, 2.45) is 5.10 Å². The van der Waals surface area contributed by atoms with Gasteiger partial charge < -0.3 is 10.1 Å². The second-order valence-corrected chi connectivity index (χ2v) is 6.12. The molecule has 0 fully saturated rings. The fraction of sp³-hybridized carbons (Fsp3) is 0.176. The van der Waals surface area contributed by atoms with E-state index in [2.05, 4.69) is 44.5 Å². The first-order valence-electron chi connectivity index (χ1n) is 7.04. The quantitative estimate of drug-likeness (QED) is 0.426. The van der Waals surface area contributed by atoms with Gasteiger partial charge in [-0.2, -0.15) is 5.10 Å². The molecule has 0 saturated heterocycles. The number of hydrazone groups is 1. The number of carbonyl (C=O) groups excluding carboxylic acids is 1. The maximum atomic E-state index is 11.8. The van der Waals surface area contributed by atoms with Crippen molar-refractivity contribution in [3.8, 4) is 5.75 Å². The van der Waals surface area contributed by atoms with Gasteiger partial charge in [0, 0.05) is 9.26 Å². The van der Waals surface area contributed by atoms with Gasteiger partial charge in [-0.15, -0.1) is 0 Å². The minimum absolute atomic E-state index is 0.168. The van der Waals surface area contributed by atoms with Gasteiger partial charge in [-0.05, 0) is 83.1 Å². The number of hydrogen-bond donors (Lipinski definition) is 2. The number of methoxy groups -OCH3 is 1. The van der Waals surface area contributed by atoms with Gasteiger partial charge in [0.05, 0.1) is 19.9 Å². The monoisotopic (exact) mass is 423 g/mol. The minimum Gasteiger partial charge on any atom is -0.497 e. The third-order valence-electron chi connectivity index (χ3n) is 3.15. The van der Waals surface area contributed by atoms with E-state index in [4.69, 9.17) is 4.74 Å². The maximum Gasteiger partial charge on any atom is 0.259 e. The molecule has 0 radical (unpaired) electrons. The lowest BCUT2D eigenvalue weighted by atomic mass is 10.2. The number of carbonyl (C=O) groups is 1. The van der Waals surface area contributed by atoms with Crippen LogP contribution in [0.15, 0.2) is 47.6 Å². The van der Waals surface area contributed by atoms with E-state index < -0.39 is 0 Å². The minimum atomic E-state index is -0.201. The Balaban J connectivity index is 1.81. The van der Waals surface area contributed by atoms with Crippen molar-refractivity contribution in [1.29, 1.82) is 0 Å². The Morgan fingerprint density at radius 3 is 2.65 bits per heavy atom. The van der Waals surface area contributed by atoms with Gasteiger partial charge in [0.2, 0.25) is 0 Å². The van der Waals surface area contributed by atoms with Crippen molar-refractivity contribution in [2.75, 3.05) is 19.0 Å². The molecule has 0 spiro atoms. The van der Waals surface area contributed by atoms with Crippen molar-refractivity contribution < 1.29 is 9.53 Å². The second-order valence-electron chi connectivity index (χ2n) is 4.88. The van der Waals surface area contributed by atoms with Crippen LogP contribution in [0, 0.1) is 10.5 Å². The van der Waals surface area contributed by atoms with Crippen LogP contribution in [0.5, 0.6) is 5.75 Å². The molecule has 1 amide bonds. The molecule has 2 aromatic carbocycles. The summed E-state index contributed by atoms with van der Waals surface area (Å²) in [5, 5.41) is 7.04. The summed E-state index contributed by atoms with van der Waals surface area (Å²) in [6.45, 7) is 2.17. The molecule has 0 bridgehead atoms. The molecule has 6 heteroatoms. The Morgan fingerprint density at radius 2 is 2.00 bits per heavy atom. The highest BCUT2D eigenvalue weighted by Crippen LogP contribution is 2.17. The molecule has 2 N–H and O–H groups in total. The first-order chi connectivity index (χ1) is 11.1. The number of hydrogen-bond acceptors (Lipinski definition) is 4. The third-order valence-corrected chi connectivity index (χ3v) is 3.82. The van der Waals surface area contributed by atoms with Crippen LogP contribution in [-0.2, 0) is 4.79 Å². The summed E-state index contributed by atoms with van der Waals surface area (Å²) < 4.78 is 6.25. The van der Waals surface area contributed by atoms with E-state index in [9.17, 15) is 4.79 Å². The van der Waals surface area contributed by atoms with Crippen LogP contribution in [0.4, 0.5) is 5.69 Å². The first-order valence-corrected chi connectivity index (χ1v) is 8.12. The van der Waals surface area contributed by atoms with Gasteiger partial charge in [0.25, 0.3) is 5.91 Å². The number of benzene rings is 2. The summed E-state index contributed by atoms with van der Waals surface area (Å²) in [6, 6.07) is 13.4. The molecule has 0 unspecified atom stereocenters. The number of nitrogens with one attached hydrogen (secondary N) is 2. The van der Waals surface area contributed by atoms with Gasteiger partial charge in [-0.1, -0.05) is 0 Å². The zero-order valence-corrected chi connectivity index (χ0v) is 15.1. The molecule has 0 atom stereocenters. The molecule has 0 aliphatic rings. The van der Waals surface area contributed by atoms with E-state index in [0.29, 0.717) is 0 Å². The Bertz CT molecular complexity index is 699. The highest BCUT2D eigenvalue weighted by atomic mass is 127. The number of halogens is 1. The van der Waals surface area contributed by atoms with Crippen molar-refractivity contribution in [1.82, 2.24) is 5.43 Å². The summed E-state index contributed by atoms with van der Waals surface area (Å²) >= 11 is 2.26. The molecule has 0 heterocycles. The van der Waals surface area contributed by atoms with Crippen molar-refractivity contribution >= 4 is 40.4 Å². The van der Waals surface area contributed by atoms with Crippen LogP contribution in [-0.4, -0.2) is 25.8 Å². The zero-order valence-electron chi connectivity index (χ0n) is 13.0. The van der Waals surface area contributed by atoms with Crippen LogP contribution < -0.4 is 15.5 Å². The van der Waals surface area contributed by atoms with Gasteiger partial charge in [-0.25, -0.2) is 5.43 Å². The predicted octanol–water partition coefficient (Wildman–Crippen LogP) is 3.17. The molecule has 0 aromatic heterocycles. The Kier molecular flexibility index (Phi) is 6.40. The summed E-state index contributed by atoms with van der Waals surface area (Å²) in [5.41, 5.74) is 5.43. The fourth-order valence-corrected chi connectivity index (χ4v) is 2.56. The number of anilines is 1. The number of nitrogens with zero attached hydrogens (tertiary/aromatic N) is 1. The molecule has 120 valence electrons. The largest absolute Gasteiger partial charge is 0.497 e. The fourth-order valence-electron chi connectivity index (χ4n) is 1.91. The first kappa shape index (κ1) is 17.3. The number of rotatable bonds is 6. The molecule has 0 saturated carbocycles. The van der Waals surface area contributed by atoms with E-state index in [1.807, 2.05) is 43.3 Å². The Morgan fingerprint density at radius 1 is 1.26 bits per heavy atom. The molecule has 0 aliphatic carbocycles. The molecule has 5 nitrogen and oxygen atoms in total. The highest BCUT2D eigenvalue weighted by molar-refractivity contribution is 14.1. The van der Waals surface area contributed by atoms with Crippen LogP contribution in [0.25, 0.3) is 0 Å². The molecule has 0 aliphatic heterocycles. The van der Waals surface area contributed by atoms with Gasteiger partial charge in [0.15, 0.2) is 0 Å². The summed E-state index contributed by atoms with van der Waals surface area (Å²) in [7, 11) is 1.62. The standard InChI is InChI=1S/C17H18IN3O2/c1-12-9-14(18)5-8-16(12)19-11-17(22)21-20-10-13-3-6-15(23-2)7-4-13/h3-10,19H,11H2,1-2H3,(H,21,22)/b20-10-. The van der Waals surface area contributed by atoms with Crippen LogP contribution in [0.1, 0.15) is 11.1 Å². The van der Waals surface area contributed by atoms with E-state index in [1.54, 1.807) is 13.3 Å². The number of amides is 1. The summed E-state index contributed by atoms with van der Waals surface area (Å²) in [5.74, 6) is 0.580. The second kappa shape index (κ2) is 8.52. The Hall–Kier alpha value is -2.09. The highest BCUT2D eigenvalue weighted by Gasteiger charge is 2.02. The maximum absolute atomic E-state index is 11.8. The van der Waals surface area contributed by atoms with Crippen LogP contribution in [0.3, 0.4) is 0 Å². The molecule has 2 aromatic rings. The lowest BCUT2D eigenvalue weighted by Gasteiger charge is -2.08. The molecule has 2 rings (SSSR count). The van der Waals surface area contributed by atoms with Crippen molar-refractivity contribution in [3.63, 3.8) is 0 Å². The average Bonchev–Trinajstić information content (AvgIpc) is 2.54. The summed E-state index contributed by atoms with van der Waals surface area (Å²) in [4.78, 5) is 11.8. The van der Waals surface area contributed by atoms with E-state index in [1.165, 1.54) is 3.57 Å². The normalized spacial score (nSPS) is 10.6. The van der Waals surface area contributed by atoms with E-state index in [-0.39, 0.29) is 12.5 Å². The van der Waals surface area contributed by atoms with Crippen molar-refractivity contribution in [2.45, 2.75) is 6.92 Å². The zero-order chi connectivity index (χ0) is 16.7. The lowest BCUT2D eigenvalue weighted by molar-refractivity contribution is -0.119. The van der Waals surface area contributed by atoms with Crippen molar-refractivity contribution in [3.05, 3.63) is 57.2 Å². The predicted molar refractivity (Wildman–Crippen MR) is 101 cm³/mol. The molecular weight excluding hydrogens is 405 g/mol. The van der Waals surface area contributed by atoms with Gasteiger partial charge in [-0.3, -0.25) is 4.79 Å². The molecular formula is C17H18IN3O2. The van der Waals surface area contributed by atoms with Crippen LogP contribution in [0.2, 0.25) is 0 Å². The van der Waals surface area contributed by atoms with Gasteiger partial charge in [0.1, 0.15) is 5.75 Å². The van der Waals surface area contributed by atoms with E-state index >= 15 is 0 Å².